The monoisotopic (exact) mass is 340 g/mol. The van der Waals surface area contributed by atoms with E-state index in [0.29, 0.717) is 30.1 Å². The molecular formula is C14H13BrO3S. The SMILES string of the molecule is COCCOc1ccccc1C(=O)c1csc(Br)c1. The Morgan fingerprint density at radius 2 is 2.11 bits per heavy atom. The predicted molar refractivity (Wildman–Crippen MR) is 79.3 cm³/mol. The van der Waals surface area contributed by atoms with Gasteiger partial charge in [-0.1, -0.05) is 12.1 Å². The van der Waals surface area contributed by atoms with Gasteiger partial charge >= 0.3 is 0 Å². The second-order valence-corrected chi connectivity index (χ2v) is 6.10. The largest absolute Gasteiger partial charge is 0.490 e. The van der Waals surface area contributed by atoms with Gasteiger partial charge in [-0.3, -0.25) is 4.79 Å². The number of halogens is 1. The summed E-state index contributed by atoms with van der Waals surface area (Å²) in [7, 11) is 1.61. The van der Waals surface area contributed by atoms with Crippen LogP contribution >= 0.6 is 27.3 Å². The van der Waals surface area contributed by atoms with Crippen LogP contribution < -0.4 is 4.74 Å². The highest BCUT2D eigenvalue weighted by Gasteiger charge is 2.15. The molecule has 2 aromatic rings. The average molecular weight is 341 g/mol. The Morgan fingerprint density at radius 3 is 2.79 bits per heavy atom. The number of benzene rings is 1. The van der Waals surface area contributed by atoms with E-state index < -0.39 is 0 Å². The maximum Gasteiger partial charge on any atom is 0.197 e. The highest BCUT2D eigenvalue weighted by Crippen LogP contribution is 2.26. The lowest BCUT2D eigenvalue weighted by atomic mass is 10.1. The summed E-state index contributed by atoms with van der Waals surface area (Å²) >= 11 is 4.85. The molecule has 0 saturated heterocycles. The number of thiophene rings is 1. The summed E-state index contributed by atoms with van der Waals surface area (Å²) < 4.78 is 11.4. The maximum atomic E-state index is 12.4. The first-order chi connectivity index (χ1) is 9.22. The molecule has 0 aliphatic carbocycles. The Hall–Kier alpha value is -1.17. The molecule has 19 heavy (non-hydrogen) atoms. The molecule has 0 atom stereocenters. The number of rotatable bonds is 6. The average Bonchev–Trinajstić information content (AvgIpc) is 2.85. The van der Waals surface area contributed by atoms with Gasteiger partial charge in [-0.15, -0.1) is 11.3 Å². The van der Waals surface area contributed by atoms with Gasteiger partial charge in [0.25, 0.3) is 0 Å². The molecule has 100 valence electrons. The summed E-state index contributed by atoms with van der Waals surface area (Å²) in [4.78, 5) is 12.4. The van der Waals surface area contributed by atoms with E-state index in [-0.39, 0.29) is 5.78 Å². The van der Waals surface area contributed by atoms with Crippen molar-refractivity contribution < 1.29 is 14.3 Å². The summed E-state index contributed by atoms with van der Waals surface area (Å²) in [5, 5.41) is 1.83. The highest BCUT2D eigenvalue weighted by molar-refractivity contribution is 9.11. The first kappa shape index (κ1) is 14.2. The Bertz CT molecular complexity index is 565. The van der Waals surface area contributed by atoms with Crippen LogP contribution in [0.25, 0.3) is 0 Å². The van der Waals surface area contributed by atoms with E-state index in [1.165, 1.54) is 11.3 Å². The Balaban J connectivity index is 2.21. The van der Waals surface area contributed by atoms with Gasteiger partial charge in [-0.2, -0.15) is 0 Å². The third-order valence-electron chi connectivity index (χ3n) is 2.51. The van der Waals surface area contributed by atoms with Crippen LogP contribution in [0.4, 0.5) is 0 Å². The van der Waals surface area contributed by atoms with Gasteiger partial charge in [0.1, 0.15) is 12.4 Å². The number of para-hydroxylation sites is 1. The molecule has 0 saturated carbocycles. The van der Waals surface area contributed by atoms with E-state index in [0.717, 1.165) is 3.79 Å². The molecule has 2 rings (SSSR count). The number of ether oxygens (including phenoxy) is 2. The summed E-state index contributed by atoms with van der Waals surface area (Å²) in [5.41, 5.74) is 1.24. The van der Waals surface area contributed by atoms with Crippen molar-refractivity contribution in [2.75, 3.05) is 20.3 Å². The summed E-state index contributed by atoms with van der Waals surface area (Å²) in [6, 6.07) is 9.07. The van der Waals surface area contributed by atoms with Crippen molar-refractivity contribution in [3.63, 3.8) is 0 Å². The molecule has 0 aliphatic heterocycles. The zero-order chi connectivity index (χ0) is 13.7. The molecule has 3 nitrogen and oxygen atoms in total. The molecule has 0 fully saturated rings. The fourth-order valence-corrected chi connectivity index (χ4v) is 2.74. The number of carbonyl (C=O) groups is 1. The molecule has 0 amide bonds. The molecule has 0 bridgehead atoms. The quantitative estimate of drug-likeness (QED) is 0.593. The van der Waals surface area contributed by atoms with Gasteiger partial charge in [0.2, 0.25) is 0 Å². The lowest BCUT2D eigenvalue weighted by molar-refractivity contribution is 0.103. The second kappa shape index (κ2) is 6.84. The number of methoxy groups -OCH3 is 1. The number of hydrogen-bond donors (Lipinski definition) is 0. The van der Waals surface area contributed by atoms with E-state index in [4.69, 9.17) is 9.47 Å². The smallest absolute Gasteiger partial charge is 0.197 e. The Kier molecular flexibility index (Phi) is 5.13. The van der Waals surface area contributed by atoms with Gasteiger partial charge in [0.15, 0.2) is 5.78 Å². The van der Waals surface area contributed by atoms with Crippen LogP contribution in [0.5, 0.6) is 5.75 Å². The molecule has 0 spiro atoms. The normalized spacial score (nSPS) is 10.4. The Labute approximate surface area is 124 Å². The predicted octanol–water partition coefficient (Wildman–Crippen LogP) is 3.77. The van der Waals surface area contributed by atoms with E-state index in [2.05, 4.69) is 15.9 Å². The van der Waals surface area contributed by atoms with Gasteiger partial charge in [-0.05, 0) is 34.1 Å². The minimum absolute atomic E-state index is 0.0324. The zero-order valence-corrected chi connectivity index (χ0v) is 12.8. The number of ketones is 1. The topological polar surface area (TPSA) is 35.5 Å². The third-order valence-corrected chi connectivity index (χ3v) is 4.01. The van der Waals surface area contributed by atoms with Crippen molar-refractivity contribution in [1.82, 2.24) is 0 Å². The van der Waals surface area contributed by atoms with E-state index in [1.807, 2.05) is 23.6 Å². The molecule has 0 N–H and O–H groups in total. The van der Waals surface area contributed by atoms with Crippen molar-refractivity contribution in [1.29, 1.82) is 0 Å². The third kappa shape index (κ3) is 3.65. The second-order valence-electron chi connectivity index (χ2n) is 3.81. The summed E-state index contributed by atoms with van der Waals surface area (Å²) in [5.74, 6) is 0.557. The van der Waals surface area contributed by atoms with Gasteiger partial charge in [0, 0.05) is 18.1 Å². The highest BCUT2D eigenvalue weighted by atomic mass is 79.9. The number of hydrogen-bond acceptors (Lipinski definition) is 4. The molecule has 1 aromatic carbocycles. The molecule has 0 unspecified atom stereocenters. The fourth-order valence-electron chi connectivity index (χ4n) is 1.60. The minimum Gasteiger partial charge on any atom is -0.490 e. The first-order valence-electron chi connectivity index (χ1n) is 5.72. The number of carbonyl (C=O) groups excluding carboxylic acids is 1. The van der Waals surface area contributed by atoms with Gasteiger partial charge in [-0.25, -0.2) is 0 Å². The van der Waals surface area contributed by atoms with Gasteiger partial charge in [0.05, 0.1) is 16.0 Å². The van der Waals surface area contributed by atoms with E-state index in [1.54, 1.807) is 19.2 Å². The van der Waals surface area contributed by atoms with Crippen molar-refractivity contribution >= 4 is 33.0 Å². The van der Waals surface area contributed by atoms with Crippen molar-refractivity contribution in [2.24, 2.45) is 0 Å². The summed E-state index contributed by atoms with van der Waals surface area (Å²) in [6.45, 7) is 0.917. The fraction of sp³-hybridized carbons (Fsp3) is 0.214. The van der Waals surface area contributed by atoms with Crippen LogP contribution in [0, 0.1) is 0 Å². The molecule has 1 aromatic heterocycles. The van der Waals surface area contributed by atoms with Crippen LogP contribution in [0.2, 0.25) is 0 Å². The van der Waals surface area contributed by atoms with Gasteiger partial charge < -0.3 is 9.47 Å². The standard InChI is InChI=1S/C14H13BrO3S/c1-17-6-7-18-12-5-3-2-4-11(12)14(16)10-8-13(15)19-9-10/h2-5,8-9H,6-7H2,1H3. The van der Waals surface area contributed by atoms with Crippen molar-refractivity contribution in [3.05, 3.63) is 50.6 Å². The van der Waals surface area contributed by atoms with Crippen LogP contribution in [0.15, 0.2) is 39.5 Å². The molecular weight excluding hydrogens is 328 g/mol. The maximum absolute atomic E-state index is 12.4. The van der Waals surface area contributed by atoms with Crippen molar-refractivity contribution in [3.8, 4) is 5.75 Å². The molecule has 5 heteroatoms. The van der Waals surface area contributed by atoms with Crippen LogP contribution in [0.1, 0.15) is 15.9 Å². The Morgan fingerprint density at radius 1 is 1.32 bits per heavy atom. The van der Waals surface area contributed by atoms with E-state index >= 15 is 0 Å². The molecule has 1 heterocycles. The zero-order valence-electron chi connectivity index (χ0n) is 10.4. The first-order valence-corrected chi connectivity index (χ1v) is 7.39. The van der Waals surface area contributed by atoms with Crippen LogP contribution in [0.3, 0.4) is 0 Å². The van der Waals surface area contributed by atoms with E-state index in [9.17, 15) is 4.79 Å². The summed E-state index contributed by atoms with van der Waals surface area (Å²) in [6.07, 6.45) is 0. The van der Waals surface area contributed by atoms with Crippen molar-refractivity contribution in [2.45, 2.75) is 0 Å². The van der Waals surface area contributed by atoms with Crippen LogP contribution in [-0.2, 0) is 4.74 Å². The molecule has 0 radical (unpaired) electrons. The lowest BCUT2D eigenvalue weighted by Gasteiger charge is -2.09. The minimum atomic E-state index is -0.0324. The van der Waals surface area contributed by atoms with Crippen LogP contribution in [-0.4, -0.2) is 26.1 Å². The lowest BCUT2D eigenvalue weighted by Crippen LogP contribution is -2.08. The molecule has 0 aliphatic rings.